The van der Waals surface area contributed by atoms with Crippen LogP contribution in [0.25, 0.3) is 0 Å². The number of quaternary nitrogens is 1. The maximum Gasteiger partial charge on any atom is 0.573 e. The molecule has 1 saturated heterocycles. The number of amides is 1. The lowest BCUT2D eigenvalue weighted by Gasteiger charge is -2.51. The summed E-state index contributed by atoms with van der Waals surface area (Å²) in [5.74, 6) is -4.47. The fraction of sp³-hybridized carbons (Fsp3) is 0.500. The Morgan fingerprint density at radius 1 is 1.02 bits per heavy atom. The average molecular weight is 648 g/mol. The van der Waals surface area contributed by atoms with Gasteiger partial charge in [-0.1, -0.05) is 39.0 Å². The molecule has 2 aliphatic heterocycles. The number of para-hydroxylation sites is 1. The molecule has 2 aliphatic rings. The number of halogens is 6. The first-order chi connectivity index (χ1) is 20.7. The number of nitrogens with one attached hydrogen (secondary N) is 1. The third kappa shape index (κ3) is 6.79. The first-order valence-electron chi connectivity index (χ1n) is 13.9. The van der Waals surface area contributed by atoms with E-state index in [0.717, 1.165) is 31.2 Å². The molecule has 1 amide bonds. The quantitative estimate of drug-likeness (QED) is 0.230. The summed E-state index contributed by atoms with van der Waals surface area (Å²) in [6, 6.07) is 6.53. The van der Waals surface area contributed by atoms with Crippen LogP contribution in [0, 0.1) is 10.8 Å². The van der Waals surface area contributed by atoms with Crippen molar-refractivity contribution in [3.8, 4) is 11.5 Å². The zero-order valence-electron chi connectivity index (χ0n) is 24.8. The fourth-order valence-electron chi connectivity index (χ4n) is 6.56. The van der Waals surface area contributed by atoms with Crippen LogP contribution < -0.4 is 19.3 Å². The van der Waals surface area contributed by atoms with Gasteiger partial charge < -0.3 is 24.6 Å². The predicted octanol–water partition coefficient (Wildman–Crippen LogP) is 5.51. The number of fused-ring (bicyclic) bond motifs is 1. The second-order valence-electron chi connectivity index (χ2n) is 12.3. The van der Waals surface area contributed by atoms with Crippen LogP contribution >= 0.6 is 0 Å². The molecule has 0 spiro atoms. The molecule has 15 heteroatoms. The molecule has 2 heterocycles. The average Bonchev–Trinajstić information content (AvgIpc) is 3.00. The molecular weight excluding hydrogens is 614 g/mol. The number of piperidine rings is 1. The zero-order valence-corrected chi connectivity index (χ0v) is 24.8. The monoisotopic (exact) mass is 647 g/mol. The third-order valence-corrected chi connectivity index (χ3v) is 8.02. The molecule has 0 aromatic heterocycles. The van der Waals surface area contributed by atoms with Crippen LogP contribution in [0.3, 0.4) is 0 Å². The number of aliphatic carboxylic acids is 1. The number of alkyl halides is 6. The third-order valence-electron chi connectivity index (χ3n) is 8.02. The summed E-state index contributed by atoms with van der Waals surface area (Å²) in [6.07, 6.45) is -11.9. The van der Waals surface area contributed by atoms with E-state index in [9.17, 15) is 45.8 Å². The van der Waals surface area contributed by atoms with Gasteiger partial charge in [-0.25, -0.2) is 9.28 Å². The SMILES string of the molecule is CC(=O)[C@@]1(C(=O)O)CNCC[C@H]1[N+]1(CC(C)(C)C)C(=O)COC(c2ccccc2OC(F)(F)F)c2cc(OC(F)(F)F)ccc21. The van der Waals surface area contributed by atoms with Crippen molar-refractivity contribution in [2.75, 3.05) is 26.2 Å². The first-order valence-corrected chi connectivity index (χ1v) is 13.9. The molecule has 1 fully saturated rings. The fourth-order valence-corrected chi connectivity index (χ4v) is 6.56. The Morgan fingerprint density at radius 2 is 1.67 bits per heavy atom. The Kier molecular flexibility index (Phi) is 9.05. The molecule has 0 aliphatic carbocycles. The standard InChI is InChI=1S/C30H32F6N2O7/c1-17(39)28(26(41)42)15-37-12-11-23(28)38(16-27(2,3)4)21-10-9-18(44-29(31,32)33)13-20(21)25(43-14-24(38)40)19-7-5-6-8-22(19)45-30(34,35)36/h5-10,13,23,25,37H,11-12,14-16H2,1-4H3/p+1/t23-,25?,28+,38?/m1/s1. The molecule has 4 atom stereocenters. The predicted molar refractivity (Wildman–Crippen MR) is 147 cm³/mol. The van der Waals surface area contributed by atoms with Gasteiger partial charge in [-0.05, 0) is 25.1 Å². The molecule has 45 heavy (non-hydrogen) atoms. The molecule has 2 N–H and O–H groups in total. The molecule has 0 saturated carbocycles. The first kappa shape index (κ1) is 34.2. The minimum atomic E-state index is -5.15. The van der Waals surface area contributed by atoms with Gasteiger partial charge in [0.25, 0.3) is 0 Å². The summed E-state index contributed by atoms with van der Waals surface area (Å²) < 4.78 is 93.8. The molecule has 2 aromatic rings. The highest BCUT2D eigenvalue weighted by atomic mass is 19.4. The molecule has 0 bridgehead atoms. The zero-order chi connectivity index (χ0) is 33.6. The molecule has 2 aromatic carbocycles. The van der Waals surface area contributed by atoms with E-state index in [0.29, 0.717) is 0 Å². The topological polar surface area (TPSA) is 111 Å². The van der Waals surface area contributed by atoms with Crippen LogP contribution in [0.4, 0.5) is 32.0 Å². The minimum Gasteiger partial charge on any atom is -0.480 e. The van der Waals surface area contributed by atoms with Gasteiger partial charge in [0.1, 0.15) is 29.3 Å². The van der Waals surface area contributed by atoms with Gasteiger partial charge in [-0.3, -0.25) is 9.59 Å². The lowest BCUT2D eigenvalue weighted by Crippen LogP contribution is -2.75. The van der Waals surface area contributed by atoms with Gasteiger partial charge >= 0.3 is 24.6 Å². The van der Waals surface area contributed by atoms with Gasteiger partial charge in [0.2, 0.25) is 0 Å². The number of hydrogen-bond donors (Lipinski definition) is 2. The van der Waals surface area contributed by atoms with E-state index >= 15 is 0 Å². The smallest absolute Gasteiger partial charge is 0.480 e. The maximum atomic E-state index is 14.5. The summed E-state index contributed by atoms with van der Waals surface area (Å²) in [4.78, 5) is 40.7. The Hall–Kier alpha value is -3.69. The van der Waals surface area contributed by atoms with Crippen molar-refractivity contribution in [2.45, 2.75) is 59.0 Å². The van der Waals surface area contributed by atoms with E-state index in [1.165, 1.54) is 18.2 Å². The number of carboxylic acid groups (broad SMARTS) is 1. The van der Waals surface area contributed by atoms with Crippen LogP contribution in [0.2, 0.25) is 0 Å². The molecule has 2 unspecified atom stereocenters. The molecule has 0 radical (unpaired) electrons. The summed E-state index contributed by atoms with van der Waals surface area (Å²) in [5, 5.41) is 13.5. The van der Waals surface area contributed by atoms with Crippen LogP contribution in [0.15, 0.2) is 42.5 Å². The van der Waals surface area contributed by atoms with Crippen LogP contribution in [0.1, 0.15) is 51.3 Å². The molecule has 9 nitrogen and oxygen atoms in total. The number of carbonyl (C=O) groups excluding carboxylic acids is 2. The second-order valence-corrected chi connectivity index (χ2v) is 12.3. The van der Waals surface area contributed by atoms with Crippen molar-refractivity contribution in [3.05, 3.63) is 53.6 Å². The van der Waals surface area contributed by atoms with Crippen LogP contribution in [-0.2, 0) is 19.1 Å². The molecular formula is C30H33F6N2O7+. The highest BCUT2D eigenvalue weighted by molar-refractivity contribution is 6.05. The Bertz CT molecular complexity index is 1460. The van der Waals surface area contributed by atoms with Gasteiger partial charge in [0.05, 0.1) is 12.1 Å². The Morgan fingerprint density at radius 3 is 2.24 bits per heavy atom. The number of rotatable bonds is 7. The number of hydrogen-bond acceptors (Lipinski definition) is 7. The van der Waals surface area contributed by atoms with Crippen molar-refractivity contribution in [3.63, 3.8) is 0 Å². The number of ketones is 1. The van der Waals surface area contributed by atoms with Crippen molar-refractivity contribution < 1.29 is 60.0 Å². The van der Waals surface area contributed by atoms with E-state index in [-0.39, 0.29) is 42.9 Å². The summed E-state index contributed by atoms with van der Waals surface area (Å²) in [7, 11) is 0. The molecule has 246 valence electrons. The second kappa shape index (κ2) is 11.9. The van der Waals surface area contributed by atoms with Gasteiger partial charge in [0, 0.05) is 36.6 Å². The van der Waals surface area contributed by atoms with E-state index in [2.05, 4.69) is 14.8 Å². The number of benzene rings is 2. The summed E-state index contributed by atoms with van der Waals surface area (Å²) in [5.41, 5.74) is -3.41. The van der Waals surface area contributed by atoms with Crippen molar-refractivity contribution >= 4 is 23.3 Å². The highest BCUT2D eigenvalue weighted by Crippen LogP contribution is 2.50. The van der Waals surface area contributed by atoms with Gasteiger partial charge in [0.15, 0.2) is 17.8 Å². The lowest BCUT2D eigenvalue weighted by atomic mass is 9.70. The van der Waals surface area contributed by atoms with E-state index in [1.54, 1.807) is 20.8 Å². The van der Waals surface area contributed by atoms with Crippen molar-refractivity contribution in [2.24, 2.45) is 10.8 Å². The van der Waals surface area contributed by atoms with Crippen LogP contribution in [-0.4, -0.2) is 67.8 Å². The van der Waals surface area contributed by atoms with Crippen molar-refractivity contribution in [1.82, 2.24) is 9.80 Å². The number of nitrogens with zero attached hydrogens (tertiary/aromatic N) is 1. The minimum absolute atomic E-state index is 0.0214. The maximum absolute atomic E-state index is 14.5. The largest absolute Gasteiger partial charge is 0.573 e. The van der Waals surface area contributed by atoms with E-state index < -0.39 is 75.9 Å². The normalized spacial score (nSPS) is 26.0. The number of ether oxygens (including phenoxy) is 3. The number of Topliss-reactive ketones (excluding diaryl/α,β-unsaturated/α-hetero) is 1. The molecule has 4 rings (SSSR count). The van der Waals surface area contributed by atoms with Gasteiger partial charge in [-0.15, -0.1) is 26.3 Å². The lowest BCUT2D eigenvalue weighted by molar-refractivity contribution is -0.276. The number of carboxylic acids is 1. The van der Waals surface area contributed by atoms with Gasteiger partial charge in [-0.2, -0.15) is 0 Å². The van der Waals surface area contributed by atoms with E-state index in [1.807, 2.05) is 0 Å². The Balaban J connectivity index is 2.11. The van der Waals surface area contributed by atoms with E-state index in [4.69, 9.17) is 4.74 Å². The highest BCUT2D eigenvalue weighted by Gasteiger charge is 2.65. The Labute approximate surface area is 254 Å². The summed E-state index contributed by atoms with van der Waals surface area (Å²) in [6.45, 7) is 5.30. The van der Waals surface area contributed by atoms with Crippen molar-refractivity contribution in [1.29, 1.82) is 0 Å². The number of carbonyl (C=O) groups is 3. The summed E-state index contributed by atoms with van der Waals surface area (Å²) >= 11 is 0. The van der Waals surface area contributed by atoms with Crippen LogP contribution in [0.5, 0.6) is 11.5 Å².